The Morgan fingerprint density at radius 1 is 0.590 bits per heavy atom. The van der Waals surface area contributed by atoms with E-state index in [1.54, 1.807) is 0 Å². The number of pyridine rings is 2. The van der Waals surface area contributed by atoms with Gasteiger partial charge in [-0.05, 0) is 130 Å². The summed E-state index contributed by atoms with van der Waals surface area (Å²) in [5.74, 6) is -0.191. The summed E-state index contributed by atoms with van der Waals surface area (Å²) >= 11 is 0. The number of aromatic carboxylic acids is 1. The molecule has 0 amide bonds. The van der Waals surface area contributed by atoms with Crippen LogP contribution in [0, 0.1) is 0 Å². The topological polar surface area (TPSA) is 99.2 Å². The van der Waals surface area contributed by atoms with Crippen LogP contribution in [0.4, 0.5) is 0 Å². The molecule has 2 aliphatic rings. The molecule has 8 nitrogen and oxygen atoms in total. The molecular formula is C53H50N4O4. The smallest absolute Gasteiger partial charge is 0.339 e. The minimum Gasteiger partial charge on any atom is -0.478 e. The number of rotatable bonds is 12. The van der Waals surface area contributed by atoms with E-state index in [2.05, 4.69) is 129 Å². The van der Waals surface area contributed by atoms with Crippen molar-refractivity contribution in [3.63, 3.8) is 0 Å². The van der Waals surface area contributed by atoms with Crippen molar-refractivity contribution in [2.75, 3.05) is 7.11 Å². The highest BCUT2D eigenvalue weighted by Crippen LogP contribution is 2.38. The number of nitrogens with zero attached hydrogens (tertiary/aromatic N) is 4. The van der Waals surface area contributed by atoms with Crippen molar-refractivity contribution in [3.05, 3.63) is 202 Å². The van der Waals surface area contributed by atoms with Crippen molar-refractivity contribution in [2.45, 2.75) is 76.3 Å². The van der Waals surface area contributed by atoms with E-state index in [0.29, 0.717) is 41.5 Å². The van der Waals surface area contributed by atoms with E-state index >= 15 is 0 Å². The van der Waals surface area contributed by atoms with Gasteiger partial charge in [-0.1, -0.05) is 85.6 Å². The van der Waals surface area contributed by atoms with Crippen LogP contribution in [-0.4, -0.2) is 43.3 Å². The van der Waals surface area contributed by atoms with Gasteiger partial charge in [0.05, 0.1) is 29.6 Å². The molecule has 0 aliphatic heterocycles. The summed E-state index contributed by atoms with van der Waals surface area (Å²) < 4.78 is 9.55. The fraction of sp³-hybridized carbons (Fsp3) is 0.245. The molecular weight excluding hydrogens is 757 g/mol. The second-order valence-electron chi connectivity index (χ2n) is 16.6. The number of ether oxygens (including phenoxy) is 1. The van der Waals surface area contributed by atoms with Crippen LogP contribution in [0.2, 0.25) is 0 Å². The molecule has 0 radical (unpaired) electrons. The Labute approximate surface area is 356 Å². The van der Waals surface area contributed by atoms with Crippen molar-refractivity contribution in [1.29, 1.82) is 0 Å². The van der Waals surface area contributed by atoms with Gasteiger partial charge in [-0.3, -0.25) is 9.97 Å². The monoisotopic (exact) mass is 806 g/mol. The molecule has 0 atom stereocenters. The third-order valence-corrected chi connectivity index (χ3v) is 12.6. The summed E-state index contributed by atoms with van der Waals surface area (Å²) in [6.07, 6.45) is 16.3. The van der Waals surface area contributed by atoms with Gasteiger partial charge in [-0.2, -0.15) is 0 Å². The minimum atomic E-state index is -0.895. The van der Waals surface area contributed by atoms with Crippen molar-refractivity contribution in [1.82, 2.24) is 19.1 Å². The fourth-order valence-electron chi connectivity index (χ4n) is 8.64. The molecule has 4 heterocycles. The second-order valence-corrected chi connectivity index (χ2v) is 16.6. The van der Waals surface area contributed by atoms with Crippen molar-refractivity contribution in [3.8, 4) is 0 Å². The Hall–Kier alpha value is -6.80. The SMILES string of the molecule is COC(=O)c1cc(C2CCC2)cnc1Cc1ccc2c(ccn2Cc2ccccc2)c1.O=C(O)c1cc(C2CCC2)cnc1Cc1ccc2c(ccn2Cc2ccccc2)c1. The first-order valence-corrected chi connectivity index (χ1v) is 21.4. The zero-order chi connectivity index (χ0) is 41.7. The number of benzene rings is 4. The summed E-state index contributed by atoms with van der Waals surface area (Å²) in [6.45, 7) is 1.68. The molecule has 4 aromatic heterocycles. The standard InChI is InChI=1S/C27H26N2O2.C26H24N2O2/c1-31-27(30)24-16-23(21-8-5-9-21)17-28-25(24)15-20-10-11-26-22(14-20)12-13-29(26)18-19-6-3-2-4-7-19;29-26(30)23-15-22(20-7-4-8-20)16-27-24(23)14-19-9-10-25-21(13-19)11-12-28(25)17-18-5-2-1-3-6-18/h2-4,6-7,10-14,16-17,21H,5,8-9,15,18H2,1H3;1-3,5-6,9-13,15-16,20H,4,7-8,14,17H2,(H,29,30). The van der Waals surface area contributed by atoms with E-state index in [-0.39, 0.29) is 5.97 Å². The first-order valence-electron chi connectivity index (χ1n) is 21.4. The Morgan fingerprint density at radius 2 is 1.05 bits per heavy atom. The number of hydrogen-bond acceptors (Lipinski definition) is 5. The van der Waals surface area contributed by atoms with Gasteiger partial charge in [0.25, 0.3) is 0 Å². The highest BCUT2D eigenvalue weighted by molar-refractivity contribution is 5.91. The first-order chi connectivity index (χ1) is 29.9. The Morgan fingerprint density at radius 3 is 1.48 bits per heavy atom. The molecule has 0 spiro atoms. The summed E-state index contributed by atoms with van der Waals surface area (Å²) in [7, 11) is 1.43. The zero-order valence-corrected chi connectivity index (χ0v) is 34.5. The molecule has 8 heteroatoms. The number of carboxylic acid groups (broad SMARTS) is 1. The molecule has 0 unspecified atom stereocenters. The van der Waals surface area contributed by atoms with Crippen LogP contribution in [-0.2, 0) is 30.7 Å². The van der Waals surface area contributed by atoms with E-state index in [0.717, 1.165) is 59.3 Å². The molecule has 10 rings (SSSR count). The highest BCUT2D eigenvalue weighted by Gasteiger charge is 2.24. The van der Waals surface area contributed by atoms with Crippen molar-refractivity contribution < 1.29 is 19.4 Å². The minimum absolute atomic E-state index is 0.307. The number of hydrogen-bond donors (Lipinski definition) is 1. The number of methoxy groups -OCH3 is 1. The van der Waals surface area contributed by atoms with Gasteiger partial charge in [0.15, 0.2) is 0 Å². The number of carbonyl (C=O) groups is 2. The van der Waals surface area contributed by atoms with Gasteiger partial charge >= 0.3 is 11.9 Å². The van der Waals surface area contributed by atoms with Crippen LogP contribution in [0.25, 0.3) is 21.8 Å². The average Bonchev–Trinajstić information content (AvgIpc) is 3.84. The number of esters is 1. The molecule has 306 valence electrons. The maximum absolute atomic E-state index is 12.4. The largest absolute Gasteiger partial charge is 0.478 e. The van der Waals surface area contributed by atoms with Crippen LogP contribution in [0.3, 0.4) is 0 Å². The molecule has 8 aromatic rings. The van der Waals surface area contributed by atoms with Gasteiger partial charge in [0.2, 0.25) is 0 Å². The molecule has 1 N–H and O–H groups in total. The van der Waals surface area contributed by atoms with E-state index in [9.17, 15) is 14.7 Å². The lowest BCUT2D eigenvalue weighted by Crippen LogP contribution is -2.14. The maximum Gasteiger partial charge on any atom is 0.339 e. The lowest BCUT2D eigenvalue weighted by molar-refractivity contribution is 0.0597. The molecule has 4 aromatic carbocycles. The van der Waals surface area contributed by atoms with Gasteiger partial charge in [0, 0.05) is 61.8 Å². The number of aromatic nitrogens is 4. The fourth-order valence-corrected chi connectivity index (χ4v) is 8.64. The number of carbonyl (C=O) groups excluding carboxylic acids is 1. The second kappa shape index (κ2) is 17.8. The van der Waals surface area contributed by atoms with E-state index < -0.39 is 5.97 Å². The molecule has 0 saturated heterocycles. The quantitative estimate of drug-likeness (QED) is 0.123. The lowest BCUT2D eigenvalue weighted by Gasteiger charge is -2.26. The highest BCUT2D eigenvalue weighted by atomic mass is 16.5. The molecule has 61 heavy (non-hydrogen) atoms. The van der Waals surface area contributed by atoms with Crippen LogP contribution in [0.5, 0.6) is 0 Å². The molecule has 2 fully saturated rings. The summed E-state index contributed by atoms with van der Waals surface area (Å²) in [5, 5.41) is 12.1. The first kappa shape index (κ1) is 39.6. The van der Waals surface area contributed by atoms with Crippen LogP contribution in [0.15, 0.2) is 146 Å². The van der Waals surface area contributed by atoms with Crippen molar-refractivity contribution >= 4 is 33.7 Å². The van der Waals surface area contributed by atoms with Crippen molar-refractivity contribution in [2.24, 2.45) is 0 Å². The molecule has 2 saturated carbocycles. The third kappa shape index (κ3) is 8.90. The molecule has 0 bridgehead atoms. The third-order valence-electron chi connectivity index (χ3n) is 12.6. The number of carboxylic acids is 1. The number of fused-ring (bicyclic) bond motifs is 2. The Balaban J connectivity index is 0.000000156. The van der Waals surface area contributed by atoms with Gasteiger partial charge < -0.3 is 19.0 Å². The summed E-state index contributed by atoms with van der Waals surface area (Å²) in [6, 6.07) is 41.8. The van der Waals surface area contributed by atoms with Gasteiger partial charge in [0.1, 0.15) is 0 Å². The Kier molecular flexibility index (Phi) is 11.6. The predicted molar refractivity (Wildman–Crippen MR) is 241 cm³/mol. The van der Waals surface area contributed by atoms with Crippen LogP contribution < -0.4 is 0 Å². The van der Waals surface area contributed by atoms with E-state index in [1.807, 2.05) is 36.7 Å². The Bertz CT molecular complexity index is 2820. The van der Waals surface area contributed by atoms with Crippen LogP contribution >= 0.6 is 0 Å². The zero-order valence-electron chi connectivity index (χ0n) is 34.5. The maximum atomic E-state index is 12.4. The summed E-state index contributed by atoms with van der Waals surface area (Å²) in [4.78, 5) is 33.5. The van der Waals surface area contributed by atoms with Gasteiger partial charge in [-0.25, -0.2) is 9.59 Å². The summed E-state index contributed by atoms with van der Waals surface area (Å²) in [5.41, 5.74) is 11.7. The predicted octanol–water partition coefficient (Wildman–Crippen LogP) is 11.4. The van der Waals surface area contributed by atoms with Crippen LogP contribution in [0.1, 0.15) is 116 Å². The lowest BCUT2D eigenvalue weighted by atomic mass is 9.80. The average molecular weight is 807 g/mol. The van der Waals surface area contributed by atoms with E-state index in [1.165, 1.54) is 60.3 Å². The normalized spacial score (nSPS) is 13.9. The van der Waals surface area contributed by atoms with E-state index in [4.69, 9.17) is 4.74 Å². The van der Waals surface area contributed by atoms with Gasteiger partial charge in [-0.15, -0.1) is 0 Å². The molecule has 2 aliphatic carbocycles.